The van der Waals surface area contributed by atoms with Crippen molar-refractivity contribution in [2.24, 2.45) is 5.92 Å². The van der Waals surface area contributed by atoms with Gasteiger partial charge in [0.1, 0.15) is 24.4 Å². The van der Waals surface area contributed by atoms with Gasteiger partial charge in [0.25, 0.3) is 5.91 Å². The summed E-state index contributed by atoms with van der Waals surface area (Å²) in [6, 6.07) is 3.64. The van der Waals surface area contributed by atoms with Gasteiger partial charge >= 0.3 is 0 Å². The molecule has 1 aliphatic rings. The highest BCUT2D eigenvalue weighted by Gasteiger charge is 2.28. The molecule has 0 fully saturated rings. The van der Waals surface area contributed by atoms with Gasteiger partial charge in [-0.05, 0) is 24.5 Å². The van der Waals surface area contributed by atoms with Crippen molar-refractivity contribution in [1.29, 1.82) is 0 Å². The van der Waals surface area contributed by atoms with Gasteiger partial charge in [-0.15, -0.1) is 0 Å². The largest absolute Gasteiger partial charge is 0.491 e. The van der Waals surface area contributed by atoms with Crippen molar-refractivity contribution < 1.29 is 34.1 Å². The predicted molar refractivity (Wildman–Crippen MR) is 118 cm³/mol. The van der Waals surface area contributed by atoms with Crippen LogP contribution in [0.15, 0.2) is 24.3 Å². The van der Waals surface area contributed by atoms with Crippen molar-refractivity contribution in [3.8, 4) is 5.75 Å². The second-order valence-corrected chi connectivity index (χ2v) is 8.06. The van der Waals surface area contributed by atoms with Gasteiger partial charge < -0.3 is 36.2 Å². The summed E-state index contributed by atoms with van der Waals surface area (Å²) in [5, 5.41) is 29.0. The third-order valence-electron chi connectivity index (χ3n) is 5.13. The van der Waals surface area contributed by atoms with E-state index >= 15 is 0 Å². The topological polar surface area (TPSA) is 166 Å². The van der Waals surface area contributed by atoms with Crippen LogP contribution >= 0.6 is 0 Å². The SMILES string of the molecule is CC(C)[C@H]1NC(=O)CC[C@@H](C(=O)NC(CO)CO)NC(=O)c2ccccc2OCCNC1=O. The molecule has 0 aromatic heterocycles. The van der Waals surface area contributed by atoms with E-state index in [9.17, 15) is 29.4 Å². The molecule has 0 aliphatic carbocycles. The van der Waals surface area contributed by atoms with Crippen LogP contribution in [0.1, 0.15) is 37.0 Å². The second kappa shape index (κ2) is 12.8. The Morgan fingerprint density at radius 3 is 2.52 bits per heavy atom. The number of rotatable bonds is 5. The van der Waals surface area contributed by atoms with E-state index < -0.39 is 49.1 Å². The fourth-order valence-electron chi connectivity index (χ4n) is 3.24. The van der Waals surface area contributed by atoms with Gasteiger partial charge in [0, 0.05) is 6.42 Å². The Labute approximate surface area is 192 Å². The summed E-state index contributed by atoms with van der Waals surface area (Å²) in [4.78, 5) is 50.7. The van der Waals surface area contributed by atoms with E-state index in [2.05, 4.69) is 21.3 Å². The molecule has 11 heteroatoms. The van der Waals surface area contributed by atoms with Gasteiger partial charge in [0.15, 0.2) is 0 Å². The fourth-order valence-corrected chi connectivity index (χ4v) is 3.24. The molecule has 0 saturated carbocycles. The molecule has 0 radical (unpaired) electrons. The molecule has 11 nitrogen and oxygen atoms in total. The number of nitrogens with one attached hydrogen (secondary N) is 4. The molecule has 0 bridgehead atoms. The van der Waals surface area contributed by atoms with Gasteiger partial charge in [0.2, 0.25) is 17.7 Å². The number of aliphatic hydroxyl groups excluding tert-OH is 2. The molecule has 1 aliphatic heterocycles. The van der Waals surface area contributed by atoms with Gasteiger partial charge in [-0.2, -0.15) is 0 Å². The Bertz CT molecular complexity index is 842. The Kier molecular flexibility index (Phi) is 10.1. The molecule has 33 heavy (non-hydrogen) atoms. The van der Waals surface area contributed by atoms with E-state index in [1.54, 1.807) is 32.0 Å². The number of aliphatic hydroxyl groups is 2. The first-order valence-corrected chi connectivity index (χ1v) is 10.9. The van der Waals surface area contributed by atoms with Crippen LogP contribution in [0.4, 0.5) is 0 Å². The first kappa shape index (κ1) is 26.1. The van der Waals surface area contributed by atoms with Crippen LogP contribution in [0.2, 0.25) is 0 Å². The Balaban J connectivity index is 2.31. The van der Waals surface area contributed by atoms with Crippen LogP contribution in [-0.2, 0) is 14.4 Å². The maximum Gasteiger partial charge on any atom is 0.255 e. The normalized spacial score (nSPS) is 20.5. The number of carbonyl (C=O) groups is 4. The standard InChI is InChI=1S/C22H32N4O7/c1-13(2)19-22(32)23-9-10-33-17-6-4-3-5-15(17)20(30)25-16(7-8-18(29)26-19)21(31)24-14(11-27)12-28/h3-6,13-14,16,19,27-28H,7-12H2,1-2H3,(H,23,32)(H,24,31)(H,25,30)(H,26,29)/t16-,19+/m0/s1. The van der Waals surface area contributed by atoms with E-state index in [1.807, 2.05) is 0 Å². The van der Waals surface area contributed by atoms with Gasteiger partial charge in [0.05, 0.1) is 31.4 Å². The minimum atomic E-state index is -1.13. The van der Waals surface area contributed by atoms with Crippen LogP contribution in [0.3, 0.4) is 0 Å². The molecule has 6 N–H and O–H groups in total. The summed E-state index contributed by atoms with van der Waals surface area (Å²) >= 11 is 0. The smallest absolute Gasteiger partial charge is 0.255 e. The summed E-state index contributed by atoms with van der Waals surface area (Å²) in [5.74, 6) is -1.97. The monoisotopic (exact) mass is 464 g/mol. The molecular formula is C22H32N4O7. The molecule has 182 valence electrons. The molecular weight excluding hydrogens is 432 g/mol. The molecule has 1 heterocycles. The third kappa shape index (κ3) is 7.72. The van der Waals surface area contributed by atoms with Crippen molar-refractivity contribution >= 4 is 23.6 Å². The van der Waals surface area contributed by atoms with Crippen LogP contribution in [-0.4, -0.2) is 78.3 Å². The highest BCUT2D eigenvalue weighted by Crippen LogP contribution is 2.18. The number of fused-ring (bicyclic) bond motifs is 1. The zero-order chi connectivity index (χ0) is 24.4. The van der Waals surface area contributed by atoms with E-state index in [1.165, 1.54) is 6.07 Å². The number of para-hydroxylation sites is 1. The number of carbonyl (C=O) groups excluding carboxylic acids is 4. The zero-order valence-corrected chi connectivity index (χ0v) is 18.8. The summed E-state index contributed by atoms with van der Waals surface area (Å²) in [6.45, 7) is 2.87. The Hall–Kier alpha value is -3.18. The number of hydrogen-bond acceptors (Lipinski definition) is 7. The van der Waals surface area contributed by atoms with Crippen molar-refractivity contribution in [2.45, 2.75) is 44.8 Å². The Morgan fingerprint density at radius 1 is 1.15 bits per heavy atom. The molecule has 2 rings (SSSR count). The lowest BCUT2D eigenvalue weighted by Gasteiger charge is -2.23. The first-order chi connectivity index (χ1) is 15.8. The molecule has 0 unspecified atom stereocenters. The highest BCUT2D eigenvalue weighted by molar-refractivity contribution is 5.99. The van der Waals surface area contributed by atoms with E-state index in [0.29, 0.717) is 0 Å². The summed E-state index contributed by atoms with van der Waals surface area (Å²) in [7, 11) is 0. The fraction of sp³-hybridized carbons (Fsp3) is 0.545. The average molecular weight is 465 g/mol. The van der Waals surface area contributed by atoms with Gasteiger partial charge in [-0.25, -0.2) is 0 Å². The van der Waals surface area contributed by atoms with Crippen molar-refractivity contribution in [1.82, 2.24) is 21.3 Å². The summed E-state index contributed by atoms with van der Waals surface area (Å²) < 4.78 is 5.66. The lowest BCUT2D eigenvalue weighted by atomic mass is 10.0. The van der Waals surface area contributed by atoms with Gasteiger partial charge in [-0.3, -0.25) is 19.2 Å². The first-order valence-electron chi connectivity index (χ1n) is 10.9. The van der Waals surface area contributed by atoms with Gasteiger partial charge in [-0.1, -0.05) is 26.0 Å². The lowest BCUT2D eigenvalue weighted by molar-refractivity contribution is -0.130. The number of hydrogen-bond donors (Lipinski definition) is 6. The van der Waals surface area contributed by atoms with E-state index in [4.69, 9.17) is 4.74 Å². The van der Waals surface area contributed by atoms with Crippen LogP contribution in [0.25, 0.3) is 0 Å². The lowest BCUT2D eigenvalue weighted by Crippen LogP contribution is -2.52. The molecule has 1 aromatic rings. The van der Waals surface area contributed by atoms with E-state index in [-0.39, 0.29) is 49.1 Å². The molecule has 2 atom stereocenters. The molecule has 1 aromatic carbocycles. The minimum absolute atomic E-state index is 0.0670. The van der Waals surface area contributed by atoms with Crippen LogP contribution in [0.5, 0.6) is 5.75 Å². The number of amides is 4. The van der Waals surface area contributed by atoms with E-state index in [0.717, 1.165) is 0 Å². The summed E-state index contributed by atoms with van der Waals surface area (Å²) in [5.41, 5.74) is 0.182. The van der Waals surface area contributed by atoms with Crippen molar-refractivity contribution in [3.63, 3.8) is 0 Å². The average Bonchev–Trinajstić information content (AvgIpc) is 2.80. The quantitative estimate of drug-likeness (QED) is 0.314. The maximum atomic E-state index is 12.9. The summed E-state index contributed by atoms with van der Waals surface area (Å²) in [6.07, 6.45) is -0.210. The molecule has 0 saturated heterocycles. The van der Waals surface area contributed by atoms with Crippen LogP contribution < -0.4 is 26.0 Å². The third-order valence-corrected chi connectivity index (χ3v) is 5.13. The second-order valence-electron chi connectivity index (χ2n) is 8.06. The molecule has 4 amide bonds. The zero-order valence-electron chi connectivity index (χ0n) is 18.8. The predicted octanol–water partition coefficient (Wildman–Crippen LogP) is -1.32. The maximum absolute atomic E-state index is 12.9. The van der Waals surface area contributed by atoms with Crippen LogP contribution in [0, 0.1) is 5.92 Å². The molecule has 0 spiro atoms. The highest BCUT2D eigenvalue weighted by atomic mass is 16.5. The van der Waals surface area contributed by atoms with Crippen molar-refractivity contribution in [2.75, 3.05) is 26.4 Å². The number of benzene rings is 1. The van der Waals surface area contributed by atoms with Crippen molar-refractivity contribution in [3.05, 3.63) is 29.8 Å². The minimum Gasteiger partial charge on any atom is -0.491 e. The number of ether oxygens (including phenoxy) is 1. The Morgan fingerprint density at radius 2 is 1.85 bits per heavy atom.